The van der Waals surface area contributed by atoms with Gasteiger partial charge in [-0.15, -0.1) is 0 Å². The average Bonchev–Trinajstić information content (AvgIpc) is 2.72. The molecule has 1 aliphatic rings. The lowest BCUT2D eigenvalue weighted by molar-refractivity contribution is -0.127. The van der Waals surface area contributed by atoms with Gasteiger partial charge in [-0.1, -0.05) is 30.3 Å². The molecule has 2 aromatic rings. The summed E-state index contributed by atoms with van der Waals surface area (Å²) in [7, 11) is 0. The number of imide groups is 1. The number of carbonyl (C=O) groups excluding carboxylic acids is 2. The third-order valence-electron chi connectivity index (χ3n) is 3.71. The minimum absolute atomic E-state index is 0.0725. The number of hydrogen-bond acceptors (Lipinski definition) is 2. The van der Waals surface area contributed by atoms with Crippen molar-refractivity contribution in [2.75, 3.05) is 4.90 Å². The van der Waals surface area contributed by atoms with Crippen molar-refractivity contribution in [1.82, 2.24) is 4.90 Å². The van der Waals surface area contributed by atoms with E-state index in [0.29, 0.717) is 11.3 Å². The second kappa shape index (κ2) is 5.60. The molecule has 1 aliphatic heterocycles. The van der Waals surface area contributed by atoms with Crippen molar-refractivity contribution in [2.24, 2.45) is 0 Å². The van der Waals surface area contributed by atoms with Crippen molar-refractivity contribution in [3.63, 3.8) is 0 Å². The molecule has 0 bridgehead atoms. The Bertz CT molecular complexity index is 718. The summed E-state index contributed by atoms with van der Waals surface area (Å²) in [5.41, 5.74) is 1.26. The highest BCUT2D eigenvalue weighted by Crippen LogP contribution is 2.26. The van der Waals surface area contributed by atoms with E-state index in [0.717, 1.165) is 4.90 Å². The summed E-state index contributed by atoms with van der Waals surface area (Å²) >= 11 is 0. The van der Waals surface area contributed by atoms with Crippen LogP contribution in [0, 0.1) is 5.82 Å². The number of halogens is 1. The number of rotatable bonds is 3. The lowest BCUT2D eigenvalue weighted by Crippen LogP contribution is -2.33. The fraction of sp³-hybridized carbons (Fsp3) is 0.176. The molecule has 4 nitrogen and oxygen atoms in total. The van der Waals surface area contributed by atoms with Crippen molar-refractivity contribution in [2.45, 2.75) is 19.5 Å². The Kier molecular flexibility index (Phi) is 3.63. The SMILES string of the molecule is CC1C(=O)N(Cc2cccc(F)c2)C(=O)N1c1ccccc1. The monoisotopic (exact) mass is 298 g/mol. The highest BCUT2D eigenvalue weighted by molar-refractivity contribution is 6.13. The smallest absolute Gasteiger partial charge is 0.282 e. The summed E-state index contributed by atoms with van der Waals surface area (Å²) in [5, 5.41) is 0. The fourth-order valence-electron chi connectivity index (χ4n) is 2.61. The molecule has 0 aliphatic carbocycles. The average molecular weight is 298 g/mol. The first kappa shape index (κ1) is 14.3. The van der Waals surface area contributed by atoms with Gasteiger partial charge in [0.15, 0.2) is 0 Å². The van der Waals surface area contributed by atoms with Crippen molar-refractivity contribution < 1.29 is 14.0 Å². The van der Waals surface area contributed by atoms with Crippen LogP contribution in [0.5, 0.6) is 0 Å². The molecule has 3 rings (SSSR count). The van der Waals surface area contributed by atoms with E-state index in [-0.39, 0.29) is 24.3 Å². The first-order valence-corrected chi connectivity index (χ1v) is 7.02. The lowest BCUT2D eigenvalue weighted by Gasteiger charge is -2.19. The Morgan fingerprint density at radius 3 is 2.45 bits per heavy atom. The second-order valence-corrected chi connectivity index (χ2v) is 5.22. The second-order valence-electron chi connectivity index (χ2n) is 5.22. The number of urea groups is 1. The van der Waals surface area contributed by atoms with Gasteiger partial charge in [0.2, 0.25) is 0 Å². The summed E-state index contributed by atoms with van der Waals surface area (Å²) in [6.45, 7) is 1.77. The minimum atomic E-state index is -0.566. The van der Waals surface area contributed by atoms with Gasteiger partial charge in [-0.05, 0) is 36.8 Å². The number of nitrogens with zero attached hydrogens (tertiary/aromatic N) is 2. The molecule has 0 saturated carbocycles. The van der Waals surface area contributed by atoms with E-state index >= 15 is 0 Å². The predicted octanol–water partition coefficient (Wildman–Crippen LogP) is 3.18. The van der Waals surface area contributed by atoms with Gasteiger partial charge in [0.05, 0.1) is 6.54 Å². The van der Waals surface area contributed by atoms with Crippen LogP contribution in [0.2, 0.25) is 0 Å². The molecule has 0 spiro atoms. The molecule has 1 unspecified atom stereocenters. The number of hydrogen-bond donors (Lipinski definition) is 0. The normalized spacial score (nSPS) is 18.2. The molecule has 0 N–H and O–H groups in total. The highest BCUT2D eigenvalue weighted by atomic mass is 19.1. The molecule has 2 aromatic carbocycles. The zero-order valence-corrected chi connectivity index (χ0v) is 12.1. The van der Waals surface area contributed by atoms with Crippen LogP contribution in [-0.4, -0.2) is 22.9 Å². The maximum Gasteiger partial charge on any atom is 0.332 e. The van der Waals surface area contributed by atoms with E-state index in [1.807, 2.05) is 18.2 Å². The molecule has 1 heterocycles. The Morgan fingerprint density at radius 1 is 1.05 bits per heavy atom. The van der Waals surface area contributed by atoms with Gasteiger partial charge >= 0.3 is 6.03 Å². The Balaban J connectivity index is 1.87. The van der Waals surface area contributed by atoms with Gasteiger partial charge in [-0.3, -0.25) is 14.6 Å². The third-order valence-corrected chi connectivity index (χ3v) is 3.71. The zero-order valence-electron chi connectivity index (χ0n) is 12.1. The molecular formula is C17H15FN2O2. The summed E-state index contributed by atoms with van der Waals surface area (Å²) in [4.78, 5) is 27.5. The Morgan fingerprint density at radius 2 is 1.77 bits per heavy atom. The van der Waals surface area contributed by atoms with Gasteiger partial charge in [0.25, 0.3) is 5.91 Å². The number of carbonyl (C=O) groups is 2. The van der Waals surface area contributed by atoms with Crippen LogP contribution in [0.1, 0.15) is 12.5 Å². The topological polar surface area (TPSA) is 40.6 Å². The summed E-state index contributed by atoms with van der Waals surface area (Å²) in [5.74, 6) is -0.664. The van der Waals surface area contributed by atoms with Crippen LogP contribution in [0.15, 0.2) is 54.6 Å². The van der Waals surface area contributed by atoms with Gasteiger partial charge in [0.1, 0.15) is 11.9 Å². The molecule has 1 saturated heterocycles. The van der Waals surface area contributed by atoms with Crippen LogP contribution in [0.4, 0.5) is 14.9 Å². The molecule has 1 fully saturated rings. The van der Waals surface area contributed by atoms with E-state index in [2.05, 4.69) is 0 Å². The molecule has 22 heavy (non-hydrogen) atoms. The van der Waals surface area contributed by atoms with Crippen molar-refractivity contribution in [3.05, 3.63) is 66.0 Å². The Hall–Kier alpha value is -2.69. The van der Waals surface area contributed by atoms with Crippen LogP contribution in [0.25, 0.3) is 0 Å². The van der Waals surface area contributed by atoms with Crippen LogP contribution in [-0.2, 0) is 11.3 Å². The van der Waals surface area contributed by atoms with Crippen LogP contribution >= 0.6 is 0 Å². The number of benzene rings is 2. The van der Waals surface area contributed by atoms with Gasteiger partial charge in [0, 0.05) is 5.69 Å². The molecular weight excluding hydrogens is 283 g/mol. The van der Waals surface area contributed by atoms with Crippen molar-refractivity contribution in [1.29, 1.82) is 0 Å². The summed E-state index contributed by atoms with van der Waals surface area (Å²) in [6, 6.07) is 14.0. The molecule has 0 aromatic heterocycles. The van der Waals surface area contributed by atoms with E-state index in [9.17, 15) is 14.0 Å². The van der Waals surface area contributed by atoms with Crippen LogP contribution < -0.4 is 4.90 Å². The fourth-order valence-corrected chi connectivity index (χ4v) is 2.61. The minimum Gasteiger partial charge on any atom is -0.282 e. The molecule has 112 valence electrons. The molecule has 0 radical (unpaired) electrons. The quantitative estimate of drug-likeness (QED) is 0.817. The first-order valence-electron chi connectivity index (χ1n) is 7.02. The third kappa shape index (κ3) is 2.45. The highest BCUT2D eigenvalue weighted by Gasteiger charge is 2.43. The first-order chi connectivity index (χ1) is 10.6. The maximum atomic E-state index is 13.3. The van der Waals surface area contributed by atoms with Crippen molar-refractivity contribution >= 4 is 17.6 Å². The summed E-state index contributed by atoms with van der Waals surface area (Å²) < 4.78 is 13.3. The summed E-state index contributed by atoms with van der Waals surface area (Å²) in [6.07, 6.45) is 0. The largest absolute Gasteiger partial charge is 0.332 e. The van der Waals surface area contributed by atoms with E-state index in [1.165, 1.54) is 17.0 Å². The van der Waals surface area contributed by atoms with E-state index < -0.39 is 6.04 Å². The lowest BCUT2D eigenvalue weighted by atomic mass is 10.2. The van der Waals surface area contributed by atoms with Gasteiger partial charge in [-0.2, -0.15) is 0 Å². The van der Waals surface area contributed by atoms with Gasteiger partial charge < -0.3 is 0 Å². The standard InChI is InChI=1S/C17H15FN2O2/c1-12-16(21)19(11-13-6-5-7-14(18)10-13)17(22)20(12)15-8-3-2-4-9-15/h2-10,12H,11H2,1H3. The zero-order chi connectivity index (χ0) is 15.7. The number of anilines is 1. The van der Waals surface area contributed by atoms with Crippen LogP contribution in [0.3, 0.4) is 0 Å². The number of amides is 3. The maximum absolute atomic E-state index is 13.3. The number of para-hydroxylation sites is 1. The van der Waals surface area contributed by atoms with E-state index in [4.69, 9.17) is 0 Å². The predicted molar refractivity (Wildman–Crippen MR) is 80.7 cm³/mol. The van der Waals surface area contributed by atoms with Gasteiger partial charge in [-0.25, -0.2) is 9.18 Å². The molecule has 3 amide bonds. The van der Waals surface area contributed by atoms with E-state index in [1.54, 1.807) is 31.2 Å². The molecule has 1 atom stereocenters. The molecule has 5 heteroatoms. The van der Waals surface area contributed by atoms with Crippen molar-refractivity contribution in [3.8, 4) is 0 Å². The Labute approximate surface area is 127 Å².